The van der Waals surface area contributed by atoms with Gasteiger partial charge in [0.1, 0.15) is 0 Å². The Kier molecular flexibility index (Phi) is 4.15. The Balaban J connectivity index is 2.79. The zero-order valence-corrected chi connectivity index (χ0v) is 10.8. The summed E-state index contributed by atoms with van der Waals surface area (Å²) in [5.74, 6) is 0. The molecule has 0 fully saturated rings. The molecule has 1 heteroatoms. The van der Waals surface area contributed by atoms with E-state index in [9.17, 15) is 0 Å². The van der Waals surface area contributed by atoms with E-state index in [1.807, 2.05) is 0 Å². The van der Waals surface area contributed by atoms with Crippen LogP contribution in [0, 0.1) is 5.41 Å². The van der Waals surface area contributed by atoms with Crippen molar-refractivity contribution in [1.82, 2.24) is 0 Å². The Morgan fingerprint density at radius 3 is 2.73 bits per heavy atom. The third-order valence-corrected chi connectivity index (χ3v) is 3.43. The van der Waals surface area contributed by atoms with E-state index < -0.39 is 0 Å². The van der Waals surface area contributed by atoms with E-state index in [-0.39, 0.29) is 0 Å². The second-order valence-corrected chi connectivity index (χ2v) is 5.21. The maximum Gasteiger partial charge on any atom is 0.0577 e. The van der Waals surface area contributed by atoms with E-state index in [2.05, 4.69) is 39.8 Å². The summed E-state index contributed by atoms with van der Waals surface area (Å²) in [5, 5.41) is 0. The Morgan fingerprint density at radius 2 is 2.20 bits per heavy atom. The van der Waals surface area contributed by atoms with Gasteiger partial charge in [-0.05, 0) is 44.1 Å². The van der Waals surface area contributed by atoms with E-state index in [1.54, 1.807) is 7.11 Å². The first-order valence-corrected chi connectivity index (χ1v) is 5.88. The van der Waals surface area contributed by atoms with Gasteiger partial charge in [-0.15, -0.1) is 0 Å². The Bertz CT molecular complexity index is 271. The van der Waals surface area contributed by atoms with Crippen LogP contribution < -0.4 is 0 Å². The van der Waals surface area contributed by atoms with Crippen LogP contribution in [0.1, 0.15) is 47.0 Å². The highest BCUT2D eigenvalue weighted by molar-refractivity contribution is 5.36. The average molecular weight is 208 g/mol. The van der Waals surface area contributed by atoms with Crippen LogP contribution in [0.4, 0.5) is 0 Å². The second kappa shape index (κ2) is 4.98. The van der Waals surface area contributed by atoms with Crippen molar-refractivity contribution in [3.05, 3.63) is 23.3 Å². The van der Waals surface area contributed by atoms with E-state index in [1.165, 1.54) is 24.0 Å². The van der Waals surface area contributed by atoms with Crippen LogP contribution in [0.5, 0.6) is 0 Å². The number of allylic oxidation sites excluding steroid dienone is 3. The molecule has 0 aromatic heterocycles. The van der Waals surface area contributed by atoms with Crippen LogP contribution in [0.2, 0.25) is 0 Å². The maximum atomic E-state index is 5.28. The van der Waals surface area contributed by atoms with Crippen LogP contribution in [0.15, 0.2) is 23.3 Å². The molecular formula is C14H24O. The summed E-state index contributed by atoms with van der Waals surface area (Å²) >= 11 is 0. The molecule has 1 nitrogen and oxygen atoms in total. The molecule has 86 valence electrons. The molecule has 1 aliphatic rings. The first-order valence-electron chi connectivity index (χ1n) is 5.88. The third-order valence-electron chi connectivity index (χ3n) is 3.43. The summed E-state index contributed by atoms with van der Waals surface area (Å²) < 4.78 is 5.28. The van der Waals surface area contributed by atoms with Crippen LogP contribution in [-0.4, -0.2) is 13.2 Å². The molecule has 0 saturated carbocycles. The zero-order chi connectivity index (χ0) is 11.5. The highest BCUT2D eigenvalue weighted by Gasteiger charge is 2.26. The fourth-order valence-electron chi connectivity index (χ4n) is 2.25. The SMILES string of the molecule is COC(C)C/C=C1\C(C)=CCCC1(C)C. The highest BCUT2D eigenvalue weighted by atomic mass is 16.5. The minimum Gasteiger partial charge on any atom is -0.381 e. The first-order chi connectivity index (χ1) is 6.97. The maximum absolute atomic E-state index is 5.28. The van der Waals surface area contributed by atoms with Crippen LogP contribution in [-0.2, 0) is 4.74 Å². The Hall–Kier alpha value is -0.560. The molecular weight excluding hydrogens is 184 g/mol. The third kappa shape index (κ3) is 3.20. The topological polar surface area (TPSA) is 9.23 Å². The molecule has 0 saturated heterocycles. The first kappa shape index (κ1) is 12.5. The fourth-order valence-corrected chi connectivity index (χ4v) is 2.25. The van der Waals surface area contributed by atoms with E-state index >= 15 is 0 Å². The highest BCUT2D eigenvalue weighted by Crippen LogP contribution is 2.40. The molecule has 0 aromatic carbocycles. The summed E-state index contributed by atoms with van der Waals surface area (Å²) in [6, 6.07) is 0. The number of hydrogen-bond donors (Lipinski definition) is 0. The quantitative estimate of drug-likeness (QED) is 0.678. The van der Waals surface area contributed by atoms with E-state index in [0.29, 0.717) is 11.5 Å². The van der Waals surface area contributed by atoms with Crippen molar-refractivity contribution in [2.75, 3.05) is 7.11 Å². The Morgan fingerprint density at radius 1 is 1.53 bits per heavy atom. The van der Waals surface area contributed by atoms with Crippen LogP contribution in [0.25, 0.3) is 0 Å². The fraction of sp³-hybridized carbons (Fsp3) is 0.714. The zero-order valence-electron chi connectivity index (χ0n) is 10.8. The lowest BCUT2D eigenvalue weighted by Crippen LogP contribution is -2.19. The van der Waals surface area contributed by atoms with Crippen molar-refractivity contribution in [3.63, 3.8) is 0 Å². The predicted octanol–water partition coefficient (Wildman–Crippen LogP) is 4.10. The van der Waals surface area contributed by atoms with E-state index in [0.717, 1.165) is 6.42 Å². The molecule has 1 atom stereocenters. The van der Waals surface area contributed by atoms with Gasteiger partial charge < -0.3 is 4.74 Å². The summed E-state index contributed by atoms with van der Waals surface area (Å²) in [4.78, 5) is 0. The van der Waals surface area contributed by atoms with Gasteiger partial charge in [0.05, 0.1) is 6.10 Å². The molecule has 0 radical (unpaired) electrons. The lowest BCUT2D eigenvalue weighted by molar-refractivity contribution is 0.120. The molecule has 1 unspecified atom stereocenters. The minimum atomic E-state index is 0.322. The number of methoxy groups -OCH3 is 1. The van der Waals surface area contributed by atoms with Gasteiger partial charge in [-0.2, -0.15) is 0 Å². The second-order valence-electron chi connectivity index (χ2n) is 5.21. The number of hydrogen-bond acceptors (Lipinski definition) is 1. The molecule has 1 aliphatic carbocycles. The van der Waals surface area contributed by atoms with Gasteiger partial charge in [-0.3, -0.25) is 0 Å². The molecule has 0 spiro atoms. The van der Waals surface area contributed by atoms with Crippen molar-refractivity contribution >= 4 is 0 Å². The predicted molar refractivity (Wildman–Crippen MR) is 65.9 cm³/mol. The van der Waals surface area contributed by atoms with Crippen molar-refractivity contribution in [1.29, 1.82) is 0 Å². The summed E-state index contributed by atoms with van der Waals surface area (Å²) in [6.45, 7) is 9.02. The summed E-state index contributed by atoms with van der Waals surface area (Å²) in [5.41, 5.74) is 3.30. The lowest BCUT2D eigenvalue weighted by Gasteiger charge is -2.32. The lowest BCUT2D eigenvalue weighted by atomic mass is 9.73. The van der Waals surface area contributed by atoms with Gasteiger partial charge in [-0.25, -0.2) is 0 Å². The van der Waals surface area contributed by atoms with Gasteiger partial charge >= 0.3 is 0 Å². The van der Waals surface area contributed by atoms with Crippen LogP contribution in [0.3, 0.4) is 0 Å². The monoisotopic (exact) mass is 208 g/mol. The molecule has 15 heavy (non-hydrogen) atoms. The van der Waals surface area contributed by atoms with Crippen LogP contribution >= 0.6 is 0 Å². The van der Waals surface area contributed by atoms with Gasteiger partial charge in [0.25, 0.3) is 0 Å². The molecule has 0 aromatic rings. The average Bonchev–Trinajstić information content (AvgIpc) is 2.15. The summed E-state index contributed by atoms with van der Waals surface area (Å²) in [6.07, 6.45) is 8.53. The largest absolute Gasteiger partial charge is 0.381 e. The molecule has 0 N–H and O–H groups in total. The van der Waals surface area contributed by atoms with Gasteiger partial charge in [-0.1, -0.05) is 31.6 Å². The van der Waals surface area contributed by atoms with Gasteiger partial charge in [0.2, 0.25) is 0 Å². The summed E-state index contributed by atoms with van der Waals surface area (Å²) in [7, 11) is 1.78. The molecule has 1 rings (SSSR count). The number of rotatable bonds is 3. The molecule has 0 amide bonds. The van der Waals surface area contributed by atoms with Gasteiger partial charge in [0, 0.05) is 7.11 Å². The smallest absolute Gasteiger partial charge is 0.0577 e. The molecule has 0 aliphatic heterocycles. The van der Waals surface area contributed by atoms with Crippen molar-refractivity contribution < 1.29 is 4.74 Å². The molecule has 0 bridgehead atoms. The van der Waals surface area contributed by atoms with Crippen molar-refractivity contribution in [2.24, 2.45) is 5.41 Å². The number of ether oxygens (including phenoxy) is 1. The molecule has 0 heterocycles. The standard InChI is InChI=1S/C14H24O/c1-11-7-6-10-14(3,4)13(11)9-8-12(2)15-5/h7,9,12H,6,8,10H2,1-5H3/b13-9+. The Labute approximate surface area is 94.2 Å². The minimum absolute atomic E-state index is 0.322. The van der Waals surface area contributed by atoms with Crippen molar-refractivity contribution in [3.8, 4) is 0 Å². The van der Waals surface area contributed by atoms with E-state index in [4.69, 9.17) is 4.74 Å². The van der Waals surface area contributed by atoms with Crippen molar-refractivity contribution in [2.45, 2.75) is 53.1 Å². The van der Waals surface area contributed by atoms with Gasteiger partial charge in [0.15, 0.2) is 0 Å². The normalized spacial score (nSPS) is 25.1.